The lowest BCUT2D eigenvalue weighted by atomic mass is 9.83. The Labute approximate surface area is 99.0 Å². The van der Waals surface area contributed by atoms with Crippen LogP contribution in [0.2, 0.25) is 0 Å². The number of carbonyl (C=O) groups excluding carboxylic acids is 1. The normalized spacial score (nSPS) is 27.3. The molecule has 0 heterocycles. The molecule has 0 aromatic rings. The smallest absolute Gasteiger partial charge is 0.149 e. The Kier molecular flexibility index (Phi) is 3.32. The molecule has 2 rings (SSSR count). The van der Waals surface area contributed by atoms with E-state index >= 15 is 0 Å². The van der Waals surface area contributed by atoms with Gasteiger partial charge in [-0.1, -0.05) is 24.3 Å². The zero-order valence-electron chi connectivity index (χ0n) is 9.24. The third-order valence-corrected chi connectivity index (χ3v) is 3.01. The molecule has 17 heavy (non-hydrogen) atoms. The highest BCUT2D eigenvalue weighted by Crippen LogP contribution is 2.29. The molecule has 4 heteroatoms. The van der Waals surface area contributed by atoms with Crippen LogP contribution in [0.15, 0.2) is 53.1 Å². The quantitative estimate of drug-likeness (QED) is 0.759. The molecule has 88 valence electrons. The first-order valence-corrected chi connectivity index (χ1v) is 5.53. The van der Waals surface area contributed by atoms with Gasteiger partial charge < -0.3 is 5.11 Å². The number of aliphatic hydroxyl groups excluding tert-OH is 1. The summed E-state index contributed by atoms with van der Waals surface area (Å²) in [7, 11) is 0. The Morgan fingerprint density at radius 1 is 1.35 bits per heavy atom. The van der Waals surface area contributed by atoms with Crippen molar-refractivity contribution in [2.24, 2.45) is 17.0 Å². The molecule has 0 radical (unpaired) electrons. The zero-order valence-corrected chi connectivity index (χ0v) is 9.24. The minimum absolute atomic E-state index is 0.00253. The number of rotatable bonds is 3. The highest BCUT2D eigenvalue weighted by Gasteiger charge is 2.30. The molecule has 0 aromatic carbocycles. The van der Waals surface area contributed by atoms with E-state index in [1.807, 2.05) is 24.3 Å². The van der Waals surface area contributed by atoms with Crippen LogP contribution in [0.25, 0.3) is 0 Å². The van der Waals surface area contributed by atoms with Gasteiger partial charge >= 0.3 is 0 Å². The van der Waals surface area contributed by atoms with Crippen molar-refractivity contribution in [2.45, 2.75) is 12.8 Å². The molecule has 0 aromatic heterocycles. The number of nitroso groups, excluding NO2 is 1. The molecule has 4 nitrogen and oxygen atoms in total. The van der Waals surface area contributed by atoms with Gasteiger partial charge in [0.2, 0.25) is 0 Å². The first-order valence-electron chi connectivity index (χ1n) is 5.53. The fourth-order valence-corrected chi connectivity index (χ4v) is 2.07. The summed E-state index contributed by atoms with van der Waals surface area (Å²) in [6.07, 6.45) is 11.3. The molecule has 0 aliphatic heterocycles. The number of nitrogens with zero attached hydrogens (tertiary/aromatic N) is 1. The van der Waals surface area contributed by atoms with Crippen molar-refractivity contribution in [2.75, 3.05) is 0 Å². The topological polar surface area (TPSA) is 66.7 Å². The maximum absolute atomic E-state index is 12.2. The fraction of sp³-hybridized carbons (Fsp3) is 0.308. The van der Waals surface area contributed by atoms with Crippen LogP contribution in [0.5, 0.6) is 0 Å². The molecule has 2 atom stereocenters. The SMILES string of the molecule is O=NC1=CC(O)=CCC1C(=O)C1C=CC=CC1. The summed E-state index contributed by atoms with van der Waals surface area (Å²) in [5.41, 5.74) is 0.123. The molecule has 2 unspecified atom stereocenters. The van der Waals surface area contributed by atoms with E-state index in [9.17, 15) is 14.8 Å². The van der Waals surface area contributed by atoms with E-state index in [1.54, 1.807) is 6.08 Å². The van der Waals surface area contributed by atoms with E-state index in [4.69, 9.17) is 0 Å². The molecule has 2 aliphatic carbocycles. The Morgan fingerprint density at radius 3 is 2.82 bits per heavy atom. The highest BCUT2D eigenvalue weighted by molar-refractivity contribution is 5.88. The zero-order chi connectivity index (χ0) is 12.3. The summed E-state index contributed by atoms with van der Waals surface area (Å²) in [4.78, 5) is 22.9. The van der Waals surface area contributed by atoms with Gasteiger partial charge in [-0.05, 0) is 24.1 Å². The van der Waals surface area contributed by atoms with Gasteiger partial charge in [0.05, 0.1) is 11.6 Å². The van der Waals surface area contributed by atoms with Gasteiger partial charge in [0.25, 0.3) is 0 Å². The van der Waals surface area contributed by atoms with E-state index in [2.05, 4.69) is 5.18 Å². The van der Waals surface area contributed by atoms with Crippen LogP contribution in [0.3, 0.4) is 0 Å². The Morgan fingerprint density at radius 2 is 2.18 bits per heavy atom. The summed E-state index contributed by atoms with van der Waals surface area (Å²) in [5, 5.41) is 12.1. The van der Waals surface area contributed by atoms with Crippen LogP contribution in [0, 0.1) is 16.7 Å². The third kappa shape index (κ3) is 2.41. The van der Waals surface area contributed by atoms with E-state index in [1.165, 1.54) is 6.08 Å². The van der Waals surface area contributed by atoms with Gasteiger partial charge in [-0.25, -0.2) is 0 Å². The molecular weight excluding hydrogens is 218 g/mol. The second-order valence-corrected chi connectivity index (χ2v) is 4.14. The van der Waals surface area contributed by atoms with Crippen LogP contribution in [-0.2, 0) is 4.79 Å². The number of Topliss-reactive ketones (excluding diaryl/α,β-unsaturated/α-hetero) is 1. The molecular formula is C13H13NO3. The van der Waals surface area contributed by atoms with Crippen LogP contribution >= 0.6 is 0 Å². The van der Waals surface area contributed by atoms with E-state index < -0.39 is 5.92 Å². The van der Waals surface area contributed by atoms with Gasteiger partial charge in [0.15, 0.2) is 0 Å². The molecule has 2 aliphatic rings. The largest absolute Gasteiger partial charge is 0.508 e. The average molecular weight is 231 g/mol. The lowest BCUT2D eigenvalue weighted by molar-refractivity contribution is -0.124. The maximum Gasteiger partial charge on any atom is 0.149 e. The summed E-state index contributed by atoms with van der Waals surface area (Å²) in [6, 6.07) is 0. The van der Waals surface area contributed by atoms with Crippen LogP contribution in [0.4, 0.5) is 0 Å². The van der Waals surface area contributed by atoms with Crippen molar-refractivity contribution in [3.63, 3.8) is 0 Å². The monoisotopic (exact) mass is 231 g/mol. The second-order valence-electron chi connectivity index (χ2n) is 4.14. The van der Waals surface area contributed by atoms with Gasteiger partial charge in [-0.3, -0.25) is 4.79 Å². The first kappa shape index (κ1) is 11.5. The molecule has 0 saturated heterocycles. The van der Waals surface area contributed by atoms with Crippen molar-refractivity contribution in [3.8, 4) is 0 Å². The number of hydrogen-bond donors (Lipinski definition) is 1. The lowest BCUT2D eigenvalue weighted by Gasteiger charge is -2.21. The van der Waals surface area contributed by atoms with E-state index in [-0.39, 0.29) is 23.2 Å². The van der Waals surface area contributed by atoms with Gasteiger partial charge in [-0.2, -0.15) is 0 Å². The second kappa shape index (κ2) is 4.91. The van der Waals surface area contributed by atoms with Gasteiger partial charge in [0.1, 0.15) is 11.5 Å². The average Bonchev–Trinajstić information content (AvgIpc) is 2.39. The van der Waals surface area contributed by atoms with Crippen LogP contribution in [0.1, 0.15) is 12.8 Å². The van der Waals surface area contributed by atoms with Crippen molar-refractivity contribution >= 4 is 5.78 Å². The van der Waals surface area contributed by atoms with Crippen molar-refractivity contribution in [1.82, 2.24) is 0 Å². The number of ketones is 1. The molecule has 1 N–H and O–H groups in total. The summed E-state index contributed by atoms with van der Waals surface area (Å²) in [5.74, 6) is -0.726. The Balaban J connectivity index is 2.15. The summed E-state index contributed by atoms with van der Waals surface area (Å²) in [6.45, 7) is 0. The maximum atomic E-state index is 12.2. The van der Waals surface area contributed by atoms with E-state index in [0.717, 1.165) is 0 Å². The Hall–Kier alpha value is -1.97. The third-order valence-electron chi connectivity index (χ3n) is 3.01. The van der Waals surface area contributed by atoms with Gasteiger partial charge in [-0.15, -0.1) is 4.91 Å². The number of allylic oxidation sites excluding steroid dienone is 7. The molecule has 0 bridgehead atoms. The standard InChI is InChI=1S/C13H13NO3/c15-10-6-7-11(12(8-10)14-17)13(16)9-4-2-1-3-5-9/h1-4,6,8-9,11,15H,5,7H2. The Bertz CT molecular complexity index is 457. The molecule has 0 spiro atoms. The van der Waals surface area contributed by atoms with Crippen molar-refractivity contribution < 1.29 is 9.90 Å². The van der Waals surface area contributed by atoms with E-state index in [0.29, 0.717) is 12.8 Å². The summed E-state index contributed by atoms with van der Waals surface area (Å²) < 4.78 is 0. The number of hydrogen-bond acceptors (Lipinski definition) is 4. The first-order chi connectivity index (χ1) is 8.22. The number of aliphatic hydroxyl groups is 1. The van der Waals surface area contributed by atoms with Gasteiger partial charge in [0, 0.05) is 12.0 Å². The minimum Gasteiger partial charge on any atom is -0.508 e. The summed E-state index contributed by atoms with van der Waals surface area (Å²) >= 11 is 0. The minimum atomic E-state index is -0.524. The van der Waals surface area contributed by atoms with Crippen LogP contribution < -0.4 is 0 Å². The highest BCUT2D eigenvalue weighted by atomic mass is 16.3. The van der Waals surface area contributed by atoms with Crippen LogP contribution in [-0.4, -0.2) is 10.9 Å². The predicted molar refractivity (Wildman–Crippen MR) is 64.1 cm³/mol. The van der Waals surface area contributed by atoms with Crippen molar-refractivity contribution in [3.05, 3.63) is 52.8 Å². The fourth-order valence-electron chi connectivity index (χ4n) is 2.07. The molecule has 0 amide bonds. The predicted octanol–water partition coefficient (Wildman–Crippen LogP) is 2.80. The lowest BCUT2D eigenvalue weighted by Crippen LogP contribution is -2.25. The van der Waals surface area contributed by atoms with Crippen molar-refractivity contribution in [1.29, 1.82) is 0 Å². The molecule has 0 fully saturated rings. The molecule has 0 saturated carbocycles. The number of carbonyl (C=O) groups is 1.